The van der Waals surface area contributed by atoms with E-state index in [9.17, 15) is 5.11 Å². The molecule has 1 aliphatic rings. The van der Waals surface area contributed by atoms with Crippen molar-refractivity contribution >= 4 is 0 Å². The zero-order valence-corrected chi connectivity index (χ0v) is 6.62. The Morgan fingerprint density at radius 1 is 1.42 bits per heavy atom. The fraction of sp³-hybridized carbons (Fsp3) is 0.300. The molecule has 0 aliphatic heterocycles. The van der Waals surface area contributed by atoms with Crippen molar-refractivity contribution in [3.05, 3.63) is 29.3 Å². The van der Waals surface area contributed by atoms with E-state index in [1.54, 1.807) is 18.2 Å². The van der Waals surface area contributed by atoms with Gasteiger partial charge >= 0.3 is 0 Å². The lowest BCUT2D eigenvalue weighted by Crippen LogP contribution is -1.82. The van der Waals surface area contributed by atoms with Gasteiger partial charge in [-0.3, -0.25) is 0 Å². The number of hydrogen-bond acceptors (Lipinski definition) is 2. The molecule has 1 aliphatic carbocycles. The van der Waals surface area contributed by atoms with Crippen LogP contribution in [-0.2, 0) is 0 Å². The lowest BCUT2D eigenvalue weighted by molar-refractivity contribution is 0.468. The van der Waals surface area contributed by atoms with Gasteiger partial charge in [-0.1, -0.05) is 0 Å². The standard InChI is InChI=1S/C10H9NO/c11-6-7-1-4-10(12)9(5-7)8-2-3-8/h1,4-5,8,12H,2-3H2. The van der Waals surface area contributed by atoms with E-state index in [1.165, 1.54) is 0 Å². The molecule has 12 heavy (non-hydrogen) atoms. The van der Waals surface area contributed by atoms with E-state index in [0.717, 1.165) is 18.4 Å². The summed E-state index contributed by atoms with van der Waals surface area (Å²) in [6, 6.07) is 7.09. The Balaban J connectivity index is 2.44. The minimum absolute atomic E-state index is 0.330. The largest absolute Gasteiger partial charge is 0.508 e. The third-order valence-electron chi connectivity index (χ3n) is 2.17. The van der Waals surface area contributed by atoms with Crippen molar-refractivity contribution in [2.24, 2.45) is 0 Å². The molecule has 1 aromatic rings. The van der Waals surface area contributed by atoms with Crippen LogP contribution in [0.4, 0.5) is 0 Å². The molecule has 1 N–H and O–H groups in total. The molecular weight excluding hydrogens is 150 g/mol. The molecule has 2 nitrogen and oxygen atoms in total. The Morgan fingerprint density at radius 2 is 2.17 bits per heavy atom. The fourth-order valence-electron chi connectivity index (χ4n) is 1.35. The minimum Gasteiger partial charge on any atom is -0.508 e. The van der Waals surface area contributed by atoms with E-state index in [0.29, 0.717) is 17.2 Å². The minimum atomic E-state index is 0.330. The maximum absolute atomic E-state index is 9.43. The second kappa shape index (κ2) is 2.53. The Bertz CT molecular complexity index is 347. The number of benzene rings is 1. The number of phenols is 1. The van der Waals surface area contributed by atoms with Crippen LogP contribution in [0.25, 0.3) is 0 Å². The molecule has 60 valence electrons. The summed E-state index contributed by atoms with van der Waals surface area (Å²) in [5.74, 6) is 0.829. The molecule has 0 unspecified atom stereocenters. The zero-order chi connectivity index (χ0) is 8.55. The number of phenolic OH excluding ortho intramolecular Hbond substituents is 1. The van der Waals surface area contributed by atoms with Crippen LogP contribution in [0.2, 0.25) is 0 Å². The monoisotopic (exact) mass is 159 g/mol. The normalized spacial score (nSPS) is 15.6. The SMILES string of the molecule is N#Cc1ccc(O)c(C2CC2)c1. The second-order valence-corrected chi connectivity index (χ2v) is 3.16. The first-order valence-electron chi connectivity index (χ1n) is 4.04. The quantitative estimate of drug-likeness (QED) is 0.682. The van der Waals surface area contributed by atoms with E-state index in [-0.39, 0.29) is 0 Å². The Morgan fingerprint density at radius 3 is 2.75 bits per heavy atom. The van der Waals surface area contributed by atoms with Crippen molar-refractivity contribution in [3.8, 4) is 11.8 Å². The first-order valence-corrected chi connectivity index (χ1v) is 4.04. The lowest BCUT2D eigenvalue weighted by Gasteiger charge is -2.01. The maximum atomic E-state index is 9.43. The number of hydrogen-bond donors (Lipinski definition) is 1. The van der Waals surface area contributed by atoms with Crippen LogP contribution >= 0.6 is 0 Å². The average Bonchev–Trinajstić information content (AvgIpc) is 2.88. The van der Waals surface area contributed by atoms with E-state index in [4.69, 9.17) is 5.26 Å². The predicted molar refractivity (Wildman–Crippen MR) is 44.8 cm³/mol. The molecule has 2 heteroatoms. The van der Waals surface area contributed by atoms with Crippen LogP contribution in [0.1, 0.15) is 29.9 Å². The first-order chi connectivity index (χ1) is 5.81. The number of nitriles is 1. The van der Waals surface area contributed by atoms with Crippen molar-refractivity contribution in [2.45, 2.75) is 18.8 Å². The Kier molecular flexibility index (Phi) is 1.51. The highest BCUT2D eigenvalue weighted by Crippen LogP contribution is 2.44. The molecule has 0 saturated heterocycles. The van der Waals surface area contributed by atoms with Crippen molar-refractivity contribution < 1.29 is 5.11 Å². The van der Waals surface area contributed by atoms with Gasteiger partial charge in [-0.15, -0.1) is 0 Å². The summed E-state index contributed by atoms with van der Waals surface area (Å²) in [6.07, 6.45) is 2.28. The zero-order valence-electron chi connectivity index (χ0n) is 6.62. The highest BCUT2D eigenvalue weighted by atomic mass is 16.3. The molecule has 0 radical (unpaired) electrons. The number of rotatable bonds is 1. The molecule has 0 spiro atoms. The third-order valence-corrected chi connectivity index (χ3v) is 2.17. The van der Waals surface area contributed by atoms with Crippen molar-refractivity contribution in [2.75, 3.05) is 0 Å². The van der Waals surface area contributed by atoms with Gasteiger partial charge in [-0.25, -0.2) is 0 Å². The van der Waals surface area contributed by atoms with Crippen LogP contribution in [0.15, 0.2) is 18.2 Å². The molecule has 1 fully saturated rings. The average molecular weight is 159 g/mol. The van der Waals surface area contributed by atoms with Gasteiger partial charge in [-0.2, -0.15) is 5.26 Å². The van der Waals surface area contributed by atoms with Crippen LogP contribution in [-0.4, -0.2) is 5.11 Å². The van der Waals surface area contributed by atoms with Gasteiger partial charge in [0.05, 0.1) is 11.6 Å². The van der Waals surface area contributed by atoms with Gasteiger partial charge in [0.15, 0.2) is 0 Å². The van der Waals surface area contributed by atoms with E-state index in [1.807, 2.05) is 0 Å². The van der Waals surface area contributed by atoms with Crippen LogP contribution < -0.4 is 0 Å². The van der Waals surface area contributed by atoms with Gasteiger partial charge in [0.25, 0.3) is 0 Å². The molecule has 0 amide bonds. The fourth-order valence-corrected chi connectivity index (χ4v) is 1.35. The predicted octanol–water partition coefficient (Wildman–Crippen LogP) is 2.14. The Hall–Kier alpha value is -1.49. The summed E-state index contributed by atoms with van der Waals surface area (Å²) >= 11 is 0. The summed E-state index contributed by atoms with van der Waals surface area (Å²) in [6.45, 7) is 0. The first kappa shape index (κ1) is 7.17. The van der Waals surface area contributed by atoms with Crippen molar-refractivity contribution in [3.63, 3.8) is 0 Å². The summed E-state index contributed by atoms with van der Waals surface area (Å²) in [5.41, 5.74) is 1.57. The van der Waals surface area contributed by atoms with Crippen LogP contribution in [0.5, 0.6) is 5.75 Å². The van der Waals surface area contributed by atoms with Crippen molar-refractivity contribution in [1.29, 1.82) is 5.26 Å². The molecule has 0 heterocycles. The smallest absolute Gasteiger partial charge is 0.119 e. The number of nitrogens with zero attached hydrogens (tertiary/aromatic N) is 1. The van der Waals surface area contributed by atoms with Gasteiger partial charge in [0.2, 0.25) is 0 Å². The molecule has 1 aromatic carbocycles. The van der Waals surface area contributed by atoms with Crippen LogP contribution in [0, 0.1) is 11.3 Å². The van der Waals surface area contributed by atoms with Crippen LogP contribution in [0.3, 0.4) is 0 Å². The molecule has 2 rings (SSSR count). The van der Waals surface area contributed by atoms with Gasteiger partial charge in [0, 0.05) is 0 Å². The highest BCUT2D eigenvalue weighted by Gasteiger charge is 2.26. The Labute approximate surface area is 71.1 Å². The third kappa shape index (κ3) is 1.14. The summed E-state index contributed by atoms with van der Waals surface area (Å²) in [7, 11) is 0. The maximum Gasteiger partial charge on any atom is 0.119 e. The molecule has 1 saturated carbocycles. The van der Waals surface area contributed by atoms with E-state index >= 15 is 0 Å². The summed E-state index contributed by atoms with van der Waals surface area (Å²) in [4.78, 5) is 0. The lowest BCUT2D eigenvalue weighted by atomic mass is 10.1. The van der Waals surface area contributed by atoms with Crippen molar-refractivity contribution in [1.82, 2.24) is 0 Å². The molecule has 0 bridgehead atoms. The molecule has 0 atom stereocenters. The molecular formula is C10H9NO. The summed E-state index contributed by atoms with van der Waals surface area (Å²) < 4.78 is 0. The van der Waals surface area contributed by atoms with Gasteiger partial charge < -0.3 is 5.11 Å². The highest BCUT2D eigenvalue weighted by molar-refractivity contribution is 5.44. The second-order valence-electron chi connectivity index (χ2n) is 3.16. The topological polar surface area (TPSA) is 44.0 Å². The number of aromatic hydroxyl groups is 1. The summed E-state index contributed by atoms with van der Waals surface area (Å²) in [5, 5.41) is 18.1. The van der Waals surface area contributed by atoms with Gasteiger partial charge in [-0.05, 0) is 42.5 Å². The van der Waals surface area contributed by atoms with E-state index in [2.05, 4.69) is 6.07 Å². The molecule has 0 aromatic heterocycles. The van der Waals surface area contributed by atoms with E-state index < -0.39 is 0 Å². The van der Waals surface area contributed by atoms with Gasteiger partial charge in [0.1, 0.15) is 5.75 Å².